The van der Waals surface area contributed by atoms with E-state index in [1.165, 1.54) is 5.57 Å². The molecule has 1 heteroatoms. The number of hydrogen-bond donors (Lipinski definition) is 0. The predicted molar refractivity (Wildman–Crippen MR) is 44.7 cm³/mol. The SMILES string of the molecule is C/C=C/C(=C\OC)C(C)C. The summed E-state index contributed by atoms with van der Waals surface area (Å²) in [5, 5.41) is 0. The predicted octanol–water partition coefficient (Wildman–Crippen LogP) is 2.75. The van der Waals surface area contributed by atoms with E-state index in [0.29, 0.717) is 5.92 Å². The molecule has 0 N–H and O–H groups in total. The van der Waals surface area contributed by atoms with E-state index in [9.17, 15) is 0 Å². The molecule has 0 aromatic rings. The van der Waals surface area contributed by atoms with Gasteiger partial charge in [0.25, 0.3) is 0 Å². The Morgan fingerprint density at radius 3 is 2.30 bits per heavy atom. The van der Waals surface area contributed by atoms with Gasteiger partial charge in [0.15, 0.2) is 0 Å². The van der Waals surface area contributed by atoms with Crippen molar-refractivity contribution < 1.29 is 4.74 Å². The molecule has 0 aromatic carbocycles. The van der Waals surface area contributed by atoms with E-state index in [1.807, 2.05) is 13.0 Å². The second kappa shape index (κ2) is 5.10. The van der Waals surface area contributed by atoms with Gasteiger partial charge in [-0.3, -0.25) is 0 Å². The molecule has 0 radical (unpaired) electrons. The molecule has 0 atom stereocenters. The molecule has 0 spiro atoms. The maximum Gasteiger partial charge on any atom is 0.0859 e. The average molecular weight is 140 g/mol. The van der Waals surface area contributed by atoms with Gasteiger partial charge in [0.1, 0.15) is 0 Å². The van der Waals surface area contributed by atoms with E-state index in [4.69, 9.17) is 4.74 Å². The van der Waals surface area contributed by atoms with Crippen LogP contribution in [0.15, 0.2) is 24.0 Å². The van der Waals surface area contributed by atoms with E-state index in [2.05, 4.69) is 19.9 Å². The third-order valence-electron chi connectivity index (χ3n) is 1.28. The van der Waals surface area contributed by atoms with Gasteiger partial charge in [-0.2, -0.15) is 0 Å². The first kappa shape index (κ1) is 9.28. The summed E-state index contributed by atoms with van der Waals surface area (Å²) in [6.07, 6.45) is 5.86. The zero-order chi connectivity index (χ0) is 7.98. The van der Waals surface area contributed by atoms with Crippen LogP contribution in [0.2, 0.25) is 0 Å². The van der Waals surface area contributed by atoms with Gasteiger partial charge in [-0.15, -0.1) is 0 Å². The maximum absolute atomic E-state index is 4.90. The fourth-order valence-corrected chi connectivity index (χ4v) is 0.696. The van der Waals surface area contributed by atoms with Crippen molar-refractivity contribution in [3.8, 4) is 0 Å². The van der Waals surface area contributed by atoms with Gasteiger partial charge in [-0.25, -0.2) is 0 Å². The van der Waals surface area contributed by atoms with Crippen molar-refractivity contribution in [2.24, 2.45) is 5.92 Å². The van der Waals surface area contributed by atoms with Gasteiger partial charge in [0, 0.05) is 0 Å². The third-order valence-corrected chi connectivity index (χ3v) is 1.28. The minimum absolute atomic E-state index is 0.538. The Hall–Kier alpha value is -0.720. The molecule has 10 heavy (non-hydrogen) atoms. The molecule has 0 aliphatic carbocycles. The van der Waals surface area contributed by atoms with Crippen molar-refractivity contribution >= 4 is 0 Å². The van der Waals surface area contributed by atoms with Gasteiger partial charge in [-0.1, -0.05) is 26.0 Å². The quantitative estimate of drug-likeness (QED) is 0.432. The number of ether oxygens (including phenoxy) is 1. The Labute approximate surface area is 63.4 Å². The highest BCUT2D eigenvalue weighted by Gasteiger charge is 1.96. The van der Waals surface area contributed by atoms with Crippen LogP contribution < -0.4 is 0 Å². The monoisotopic (exact) mass is 140 g/mol. The molecule has 0 aliphatic heterocycles. The second-order valence-electron chi connectivity index (χ2n) is 2.51. The van der Waals surface area contributed by atoms with Crippen LogP contribution in [0.5, 0.6) is 0 Å². The molecule has 1 nitrogen and oxygen atoms in total. The van der Waals surface area contributed by atoms with Crippen LogP contribution in [0.25, 0.3) is 0 Å². The van der Waals surface area contributed by atoms with Crippen molar-refractivity contribution in [2.45, 2.75) is 20.8 Å². The minimum Gasteiger partial charge on any atom is -0.504 e. The van der Waals surface area contributed by atoms with Crippen LogP contribution in [0.4, 0.5) is 0 Å². The summed E-state index contributed by atoms with van der Waals surface area (Å²) < 4.78 is 4.90. The summed E-state index contributed by atoms with van der Waals surface area (Å²) in [6.45, 7) is 6.29. The molecule has 0 bridgehead atoms. The topological polar surface area (TPSA) is 9.23 Å². The van der Waals surface area contributed by atoms with Gasteiger partial charge >= 0.3 is 0 Å². The molecule has 0 saturated heterocycles. The zero-order valence-corrected chi connectivity index (χ0v) is 7.22. The molecule has 0 aromatic heterocycles. The fourth-order valence-electron chi connectivity index (χ4n) is 0.696. The van der Waals surface area contributed by atoms with Crippen molar-refractivity contribution in [2.75, 3.05) is 7.11 Å². The third kappa shape index (κ3) is 3.33. The van der Waals surface area contributed by atoms with Crippen LogP contribution in [0.1, 0.15) is 20.8 Å². The lowest BCUT2D eigenvalue weighted by Gasteiger charge is -2.04. The highest BCUT2D eigenvalue weighted by molar-refractivity contribution is 5.17. The summed E-state index contributed by atoms with van der Waals surface area (Å²) >= 11 is 0. The highest BCUT2D eigenvalue weighted by atomic mass is 16.5. The van der Waals surface area contributed by atoms with Crippen LogP contribution in [-0.2, 0) is 4.74 Å². The largest absolute Gasteiger partial charge is 0.504 e. The van der Waals surface area contributed by atoms with Crippen molar-refractivity contribution in [1.82, 2.24) is 0 Å². The Morgan fingerprint density at radius 1 is 1.40 bits per heavy atom. The fraction of sp³-hybridized carbons (Fsp3) is 0.556. The molecule has 0 aliphatic rings. The lowest BCUT2D eigenvalue weighted by Crippen LogP contribution is -1.90. The van der Waals surface area contributed by atoms with E-state index in [-0.39, 0.29) is 0 Å². The van der Waals surface area contributed by atoms with Gasteiger partial charge in [-0.05, 0) is 18.4 Å². The van der Waals surface area contributed by atoms with Crippen molar-refractivity contribution in [3.63, 3.8) is 0 Å². The number of methoxy groups -OCH3 is 1. The van der Waals surface area contributed by atoms with Gasteiger partial charge in [0.2, 0.25) is 0 Å². The summed E-state index contributed by atoms with van der Waals surface area (Å²) in [5.74, 6) is 0.538. The molecule has 0 unspecified atom stereocenters. The van der Waals surface area contributed by atoms with Crippen LogP contribution in [-0.4, -0.2) is 7.11 Å². The number of hydrogen-bond acceptors (Lipinski definition) is 1. The second-order valence-corrected chi connectivity index (χ2v) is 2.51. The smallest absolute Gasteiger partial charge is 0.0859 e. The molecule has 0 heterocycles. The first-order chi connectivity index (χ1) is 4.72. The molecule has 0 amide bonds. The summed E-state index contributed by atoms with van der Waals surface area (Å²) in [4.78, 5) is 0. The number of rotatable bonds is 3. The van der Waals surface area contributed by atoms with Crippen molar-refractivity contribution in [1.29, 1.82) is 0 Å². The Morgan fingerprint density at radius 2 is 2.00 bits per heavy atom. The van der Waals surface area contributed by atoms with Crippen LogP contribution in [0.3, 0.4) is 0 Å². The Balaban J connectivity index is 4.11. The maximum atomic E-state index is 4.90. The molecule has 0 fully saturated rings. The standard InChI is InChI=1S/C9H16O/c1-5-6-9(7-10-4)8(2)3/h5-8H,1-4H3/b6-5+,9-7+. The lowest BCUT2D eigenvalue weighted by atomic mass is 10.1. The normalized spacial score (nSPS) is 13.1. The van der Waals surface area contributed by atoms with E-state index in [0.717, 1.165) is 0 Å². The first-order valence-electron chi connectivity index (χ1n) is 3.58. The minimum atomic E-state index is 0.538. The molecular formula is C9H16O. The van der Waals surface area contributed by atoms with E-state index >= 15 is 0 Å². The van der Waals surface area contributed by atoms with Gasteiger partial charge < -0.3 is 4.74 Å². The van der Waals surface area contributed by atoms with Crippen LogP contribution >= 0.6 is 0 Å². The highest BCUT2D eigenvalue weighted by Crippen LogP contribution is 2.10. The number of allylic oxidation sites excluding steroid dienone is 3. The summed E-state index contributed by atoms with van der Waals surface area (Å²) in [6, 6.07) is 0. The summed E-state index contributed by atoms with van der Waals surface area (Å²) in [5.41, 5.74) is 1.23. The molecule has 0 rings (SSSR count). The van der Waals surface area contributed by atoms with Gasteiger partial charge in [0.05, 0.1) is 13.4 Å². The Kier molecular flexibility index (Phi) is 4.73. The Bertz CT molecular complexity index is 132. The van der Waals surface area contributed by atoms with Crippen molar-refractivity contribution in [3.05, 3.63) is 24.0 Å². The first-order valence-corrected chi connectivity index (χ1v) is 3.58. The average Bonchev–Trinajstić information content (AvgIpc) is 1.87. The zero-order valence-electron chi connectivity index (χ0n) is 7.22. The van der Waals surface area contributed by atoms with E-state index < -0.39 is 0 Å². The van der Waals surface area contributed by atoms with E-state index in [1.54, 1.807) is 13.4 Å². The molecule has 58 valence electrons. The summed E-state index contributed by atoms with van der Waals surface area (Å²) in [7, 11) is 1.67. The van der Waals surface area contributed by atoms with Crippen LogP contribution in [0, 0.1) is 5.92 Å². The molecule has 0 saturated carbocycles. The lowest BCUT2D eigenvalue weighted by molar-refractivity contribution is 0.331. The molecular weight excluding hydrogens is 124 g/mol.